The second kappa shape index (κ2) is 10.6. The summed E-state index contributed by atoms with van der Waals surface area (Å²) in [6, 6.07) is 62.2. The number of rotatable bonds is 3. The Morgan fingerprint density at radius 1 is 0.370 bits per heavy atom. The van der Waals surface area contributed by atoms with E-state index in [1.807, 2.05) is 6.07 Å². The maximum Gasteiger partial charge on any atom is 0.136 e. The van der Waals surface area contributed by atoms with Crippen molar-refractivity contribution in [2.24, 2.45) is 0 Å². The van der Waals surface area contributed by atoms with Gasteiger partial charge < -0.3 is 13.6 Å². The summed E-state index contributed by atoms with van der Waals surface area (Å²) < 4.78 is 11.2. The molecule has 3 aromatic heterocycles. The Balaban J connectivity index is 1.11. The number of aromatic nitrogens is 2. The van der Waals surface area contributed by atoms with Gasteiger partial charge >= 0.3 is 0 Å². The molecule has 0 aliphatic heterocycles. The number of fused-ring (bicyclic) bond motifs is 12. The molecule has 0 saturated heterocycles. The Morgan fingerprint density at radius 3 is 1.80 bits per heavy atom. The quantitative estimate of drug-likeness (QED) is 0.181. The summed E-state index contributed by atoms with van der Waals surface area (Å²) in [6.45, 7) is 4.73. The van der Waals surface area contributed by atoms with E-state index in [1.54, 1.807) is 0 Å². The van der Waals surface area contributed by atoms with Gasteiger partial charge in [0.05, 0.1) is 22.1 Å². The van der Waals surface area contributed by atoms with Gasteiger partial charge in [-0.05, 0) is 106 Å². The standard InChI is InChI=1S/C51H34N2O/c1-51(2)43-19-11-9-17-35(43)38-28-47-40(27-44(38)51)39-25-31(22-24-45(39)52(47)33-13-5-3-6-14-33)32-21-23-36-41-30-50-42(37-18-10-12-20-49(37)54-50)29-48(41)53(46(36)26-32)34-15-7-4-8-16-34/h3-30H,1-2H3. The number of nitrogens with zero attached hydrogens (tertiary/aromatic N) is 2. The molecule has 0 amide bonds. The van der Waals surface area contributed by atoms with Crippen LogP contribution in [0, 0.1) is 0 Å². The number of hydrogen-bond acceptors (Lipinski definition) is 1. The minimum absolute atomic E-state index is 0.0812. The zero-order valence-corrected chi connectivity index (χ0v) is 30.0. The Kier molecular flexibility index (Phi) is 5.84. The SMILES string of the molecule is CC1(C)c2ccccc2-c2cc3c(cc21)c1cc(-c2ccc4c5cc6oc7ccccc7c6cc5n(-c5ccccc5)c4c2)ccc1n3-c1ccccc1. The van der Waals surface area contributed by atoms with Gasteiger partial charge in [-0.15, -0.1) is 0 Å². The highest BCUT2D eigenvalue weighted by atomic mass is 16.3. The Hall–Kier alpha value is -6.84. The summed E-state index contributed by atoms with van der Waals surface area (Å²) in [6.07, 6.45) is 0. The van der Waals surface area contributed by atoms with Gasteiger partial charge in [0, 0.05) is 49.1 Å². The molecule has 0 N–H and O–H groups in total. The van der Waals surface area contributed by atoms with Crippen LogP contribution in [0.15, 0.2) is 174 Å². The number of furan rings is 1. The minimum Gasteiger partial charge on any atom is -0.456 e. The van der Waals surface area contributed by atoms with Crippen molar-refractivity contribution in [1.29, 1.82) is 0 Å². The molecule has 0 bridgehead atoms. The van der Waals surface area contributed by atoms with Crippen LogP contribution in [0.4, 0.5) is 0 Å². The first-order chi connectivity index (χ1) is 26.5. The van der Waals surface area contributed by atoms with Gasteiger partial charge in [-0.2, -0.15) is 0 Å². The van der Waals surface area contributed by atoms with E-state index in [-0.39, 0.29) is 5.41 Å². The maximum absolute atomic E-state index is 6.38. The molecular weight excluding hydrogens is 657 g/mol. The molecular formula is C51H34N2O. The summed E-state index contributed by atoms with van der Waals surface area (Å²) in [5.41, 5.74) is 16.7. The second-order valence-electron chi connectivity index (χ2n) is 15.4. The molecule has 1 aliphatic carbocycles. The molecule has 1 aliphatic rings. The number of hydrogen-bond donors (Lipinski definition) is 0. The lowest BCUT2D eigenvalue weighted by Gasteiger charge is -2.21. The predicted octanol–water partition coefficient (Wildman–Crippen LogP) is 13.8. The van der Waals surface area contributed by atoms with Crippen molar-refractivity contribution < 1.29 is 4.42 Å². The second-order valence-corrected chi connectivity index (χ2v) is 15.4. The Bertz CT molecular complexity index is 3340. The zero-order valence-electron chi connectivity index (χ0n) is 30.0. The fourth-order valence-electron chi connectivity index (χ4n) is 9.52. The van der Waals surface area contributed by atoms with Gasteiger partial charge in [0.2, 0.25) is 0 Å². The van der Waals surface area contributed by atoms with E-state index in [4.69, 9.17) is 4.42 Å². The molecule has 0 spiro atoms. The van der Waals surface area contributed by atoms with Crippen LogP contribution in [0.3, 0.4) is 0 Å². The molecule has 0 unspecified atom stereocenters. The maximum atomic E-state index is 6.38. The van der Waals surface area contributed by atoms with Crippen LogP contribution < -0.4 is 0 Å². The highest BCUT2D eigenvalue weighted by Crippen LogP contribution is 2.51. The number of benzene rings is 8. The van der Waals surface area contributed by atoms with Crippen molar-refractivity contribution in [1.82, 2.24) is 9.13 Å². The van der Waals surface area contributed by atoms with Crippen molar-refractivity contribution in [2.75, 3.05) is 0 Å². The Morgan fingerprint density at radius 2 is 0.981 bits per heavy atom. The summed E-state index contributed by atoms with van der Waals surface area (Å²) in [7, 11) is 0. The fraction of sp³-hybridized carbons (Fsp3) is 0.0588. The molecule has 54 heavy (non-hydrogen) atoms. The zero-order chi connectivity index (χ0) is 35.7. The van der Waals surface area contributed by atoms with Crippen LogP contribution in [0.25, 0.3) is 99.2 Å². The van der Waals surface area contributed by atoms with E-state index >= 15 is 0 Å². The molecule has 0 atom stereocenters. The lowest BCUT2D eigenvalue weighted by molar-refractivity contribution is 0.661. The molecule has 0 fully saturated rings. The summed E-state index contributed by atoms with van der Waals surface area (Å²) in [5.74, 6) is 0. The summed E-state index contributed by atoms with van der Waals surface area (Å²) >= 11 is 0. The van der Waals surface area contributed by atoms with E-state index in [9.17, 15) is 0 Å². The van der Waals surface area contributed by atoms with Crippen molar-refractivity contribution in [3.8, 4) is 33.6 Å². The first kappa shape index (κ1) is 29.7. The highest BCUT2D eigenvalue weighted by Gasteiger charge is 2.36. The molecule has 0 saturated carbocycles. The van der Waals surface area contributed by atoms with Gasteiger partial charge in [-0.1, -0.05) is 111 Å². The van der Waals surface area contributed by atoms with E-state index in [2.05, 4.69) is 187 Å². The molecule has 12 rings (SSSR count). The first-order valence-corrected chi connectivity index (χ1v) is 18.8. The van der Waals surface area contributed by atoms with Crippen molar-refractivity contribution in [3.63, 3.8) is 0 Å². The lowest BCUT2D eigenvalue weighted by Crippen LogP contribution is -2.14. The van der Waals surface area contributed by atoms with Gasteiger partial charge in [-0.3, -0.25) is 0 Å². The van der Waals surface area contributed by atoms with Gasteiger partial charge in [0.25, 0.3) is 0 Å². The third-order valence-electron chi connectivity index (χ3n) is 12.1. The molecule has 3 nitrogen and oxygen atoms in total. The topological polar surface area (TPSA) is 23.0 Å². The van der Waals surface area contributed by atoms with Crippen LogP contribution in [0.1, 0.15) is 25.0 Å². The highest BCUT2D eigenvalue weighted by molar-refractivity contribution is 6.18. The van der Waals surface area contributed by atoms with E-state index in [0.717, 1.165) is 27.6 Å². The van der Waals surface area contributed by atoms with Gasteiger partial charge in [0.15, 0.2) is 0 Å². The van der Waals surface area contributed by atoms with Gasteiger partial charge in [0.1, 0.15) is 11.2 Å². The molecule has 8 aromatic carbocycles. The van der Waals surface area contributed by atoms with Crippen LogP contribution in [0.2, 0.25) is 0 Å². The van der Waals surface area contributed by atoms with Crippen LogP contribution in [-0.2, 0) is 5.41 Å². The minimum atomic E-state index is -0.0812. The normalized spacial score (nSPS) is 13.5. The third-order valence-corrected chi connectivity index (χ3v) is 12.1. The van der Waals surface area contributed by atoms with Crippen molar-refractivity contribution in [2.45, 2.75) is 19.3 Å². The van der Waals surface area contributed by atoms with E-state index in [0.29, 0.717) is 0 Å². The molecule has 254 valence electrons. The van der Waals surface area contributed by atoms with Crippen molar-refractivity contribution in [3.05, 3.63) is 181 Å². The smallest absolute Gasteiger partial charge is 0.136 e. The predicted molar refractivity (Wildman–Crippen MR) is 225 cm³/mol. The lowest BCUT2D eigenvalue weighted by atomic mass is 9.82. The van der Waals surface area contributed by atoms with Crippen LogP contribution >= 0.6 is 0 Å². The van der Waals surface area contributed by atoms with Crippen molar-refractivity contribution >= 4 is 65.6 Å². The van der Waals surface area contributed by atoms with Gasteiger partial charge in [-0.25, -0.2) is 0 Å². The largest absolute Gasteiger partial charge is 0.456 e. The molecule has 3 heterocycles. The third kappa shape index (κ3) is 3.96. The average Bonchev–Trinajstić information content (AvgIpc) is 3.91. The van der Waals surface area contributed by atoms with Crippen LogP contribution in [0.5, 0.6) is 0 Å². The molecule has 3 heteroatoms. The number of para-hydroxylation sites is 3. The molecule has 0 radical (unpaired) electrons. The monoisotopic (exact) mass is 690 g/mol. The average molecular weight is 691 g/mol. The Labute approximate surface area is 311 Å². The summed E-state index contributed by atoms with van der Waals surface area (Å²) in [4.78, 5) is 0. The first-order valence-electron chi connectivity index (χ1n) is 18.8. The van der Waals surface area contributed by atoms with E-state index < -0.39 is 0 Å². The fourth-order valence-corrected chi connectivity index (χ4v) is 9.52. The summed E-state index contributed by atoms with van der Waals surface area (Å²) in [5, 5.41) is 7.21. The molecule has 11 aromatic rings. The van der Waals surface area contributed by atoms with Crippen LogP contribution in [-0.4, -0.2) is 9.13 Å². The van der Waals surface area contributed by atoms with E-state index in [1.165, 1.54) is 82.7 Å².